The molecule has 1 aliphatic carbocycles. The summed E-state index contributed by atoms with van der Waals surface area (Å²) in [6, 6.07) is 12.3. The first-order valence-electron chi connectivity index (χ1n) is 9.79. The number of hydrogen-bond donors (Lipinski definition) is 2. The second kappa shape index (κ2) is 8.45. The second-order valence-electron chi connectivity index (χ2n) is 7.53. The smallest absolute Gasteiger partial charge is 0.325 e. The van der Waals surface area contributed by atoms with E-state index in [0.717, 1.165) is 34.5 Å². The van der Waals surface area contributed by atoms with Gasteiger partial charge in [0.2, 0.25) is 15.9 Å². The van der Waals surface area contributed by atoms with Crippen LogP contribution >= 0.6 is 0 Å². The third kappa shape index (κ3) is 5.12. The summed E-state index contributed by atoms with van der Waals surface area (Å²) in [7, 11) is -3.80. The van der Waals surface area contributed by atoms with E-state index in [4.69, 9.17) is 5.14 Å². The summed E-state index contributed by atoms with van der Waals surface area (Å²) in [4.78, 5) is 16.9. The molecule has 1 heterocycles. The molecule has 0 fully saturated rings. The fourth-order valence-electron chi connectivity index (χ4n) is 3.50. The number of alkyl halides is 3. The molecule has 3 aromatic rings. The van der Waals surface area contributed by atoms with E-state index in [2.05, 4.69) is 10.3 Å². The number of halogens is 3. The van der Waals surface area contributed by atoms with Gasteiger partial charge in [0.25, 0.3) is 0 Å². The van der Waals surface area contributed by atoms with Crippen LogP contribution in [0.3, 0.4) is 0 Å². The van der Waals surface area contributed by atoms with Crippen LogP contribution in [0.1, 0.15) is 22.4 Å². The molecule has 170 valence electrons. The Morgan fingerprint density at radius 2 is 1.70 bits per heavy atom. The molecule has 10 heteroatoms. The van der Waals surface area contributed by atoms with Crippen molar-refractivity contribution in [2.75, 3.05) is 0 Å². The fourth-order valence-corrected chi connectivity index (χ4v) is 4.02. The average Bonchev–Trinajstić information content (AvgIpc) is 3.15. The van der Waals surface area contributed by atoms with Crippen molar-refractivity contribution in [3.05, 3.63) is 89.3 Å². The predicted octanol–water partition coefficient (Wildman–Crippen LogP) is 3.67. The summed E-state index contributed by atoms with van der Waals surface area (Å²) in [5.41, 5.74) is 3.20. The Bertz CT molecular complexity index is 1350. The Balaban J connectivity index is 1.48. The highest BCUT2D eigenvalue weighted by Crippen LogP contribution is 2.30. The highest BCUT2D eigenvalue weighted by Gasteiger charge is 2.30. The largest absolute Gasteiger partial charge is 0.416 e. The van der Waals surface area contributed by atoms with Gasteiger partial charge in [0.05, 0.1) is 22.6 Å². The van der Waals surface area contributed by atoms with Crippen LogP contribution in [0.5, 0.6) is 0 Å². The van der Waals surface area contributed by atoms with E-state index in [-0.39, 0.29) is 17.2 Å². The maximum absolute atomic E-state index is 12.7. The zero-order valence-corrected chi connectivity index (χ0v) is 17.9. The lowest BCUT2D eigenvalue weighted by Gasteiger charge is -2.11. The number of fused-ring (bicyclic) bond motifs is 1. The van der Waals surface area contributed by atoms with Gasteiger partial charge in [0.1, 0.15) is 0 Å². The summed E-state index contributed by atoms with van der Waals surface area (Å²) < 4.78 is 61.0. The number of primary sulfonamides is 1. The first-order valence-corrected chi connectivity index (χ1v) is 11.3. The van der Waals surface area contributed by atoms with Crippen LogP contribution in [0.25, 0.3) is 16.8 Å². The molecular weight excluding hydrogens is 455 g/mol. The maximum atomic E-state index is 12.7. The number of benzene rings is 2. The summed E-state index contributed by atoms with van der Waals surface area (Å²) in [5.74, 6) is -0.364. The number of hydrogen-bond acceptors (Lipinski definition) is 4. The summed E-state index contributed by atoms with van der Waals surface area (Å²) >= 11 is 0. The molecule has 0 saturated heterocycles. The summed E-state index contributed by atoms with van der Waals surface area (Å²) in [6.45, 7) is 0. The van der Waals surface area contributed by atoms with Crippen LogP contribution in [0.15, 0.2) is 71.8 Å². The monoisotopic (exact) mass is 473 g/mol. The van der Waals surface area contributed by atoms with Gasteiger partial charge in [-0.15, -0.1) is 0 Å². The lowest BCUT2D eigenvalue weighted by atomic mass is 10.0. The SMILES string of the molecule is NS(=O)(=O)c1ccc(-c2cnc3c(c2)C(NC(=O)Cc2ccc(C(F)(F)F)cc2)=CC3)cc1. The molecule has 0 bridgehead atoms. The van der Waals surface area contributed by atoms with Crippen molar-refractivity contribution in [2.45, 2.75) is 23.9 Å². The fraction of sp³-hybridized carbons (Fsp3) is 0.130. The maximum Gasteiger partial charge on any atom is 0.416 e. The molecule has 2 aromatic carbocycles. The molecule has 0 spiro atoms. The third-order valence-corrected chi connectivity index (χ3v) is 6.13. The number of pyridine rings is 1. The third-order valence-electron chi connectivity index (χ3n) is 5.20. The Hall–Kier alpha value is -3.50. The van der Waals surface area contributed by atoms with Gasteiger partial charge in [-0.05, 0) is 41.5 Å². The van der Waals surface area contributed by atoms with Crippen molar-refractivity contribution in [1.82, 2.24) is 10.3 Å². The zero-order valence-electron chi connectivity index (χ0n) is 17.1. The van der Waals surface area contributed by atoms with Crippen LogP contribution in [0.4, 0.5) is 13.2 Å². The van der Waals surface area contributed by atoms with E-state index in [0.29, 0.717) is 17.7 Å². The highest BCUT2D eigenvalue weighted by molar-refractivity contribution is 7.89. The number of nitrogens with zero attached hydrogens (tertiary/aromatic N) is 1. The summed E-state index contributed by atoms with van der Waals surface area (Å²) in [6.07, 6.45) is -0.507. The molecule has 3 N–H and O–H groups in total. The molecule has 1 aromatic heterocycles. The van der Waals surface area contributed by atoms with Gasteiger partial charge in [-0.3, -0.25) is 9.78 Å². The van der Waals surface area contributed by atoms with Gasteiger partial charge in [0, 0.05) is 29.4 Å². The van der Waals surface area contributed by atoms with Gasteiger partial charge in [-0.25, -0.2) is 13.6 Å². The number of allylic oxidation sites excluding steroid dienone is 1. The number of rotatable bonds is 5. The number of carbonyl (C=O) groups is 1. The van der Waals surface area contributed by atoms with E-state index in [1.165, 1.54) is 24.3 Å². The molecule has 0 saturated carbocycles. The Labute approximate surface area is 188 Å². The van der Waals surface area contributed by atoms with Crippen molar-refractivity contribution in [1.29, 1.82) is 0 Å². The molecule has 0 radical (unpaired) electrons. The number of sulfonamides is 1. The van der Waals surface area contributed by atoms with Crippen molar-refractivity contribution in [3.63, 3.8) is 0 Å². The van der Waals surface area contributed by atoms with Crippen molar-refractivity contribution in [3.8, 4) is 11.1 Å². The van der Waals surface area contributed by atoms with Gasteiger partial charge in [0.15, 0.2) is 0 Å². The first kappa shape index (κ1) is 22.7. The van der Waals surface area contributed by atoms with E-state index in [1.807, 2.05) is 12.1 Å². The van der Waals surface area contributed by atoms with E-state index in [9.17, 15) is 26.4 Å². The van der Waals surface area contributed by atoms with E-state index < -0.39 is 21.8 Å². The molecule has 4 rings (SSSR count). The molecule has 1 aliphatic rings. The van der Waals surface area contributed by atoms with Gasteiger partial charge in [-0.1, -0.05) is 30.3 Å². The lowest BCUT2D eigenvalue weighted by molar-refractivity contribution is -0.137. The Kier molecular flexibility index (Phi) is 5.81. The van der Waals surface area contributed by atoms with Crippen LogP contribution in [0, 0.1) is 0 Å². The molecule has 6 nitrogen and oxygen atoms in total. The average molecular weight is 473 g/mol. The number of nitrogens with two attached hydrogens (primary N) is 1. The molecule has 1 amide bonds. The van der Waals surface area contributed by atoms with Crippen molar-refractivity contribution >= 4 is 21.6 Å². The number of nitrogens with one attached hydrogen (secondary N) is 1. The van der Waals surface area contributed by atoms with Crippen molar-refractivity contribution in [2.24, 2.45) is 5.14 Å². The van der Waals surface area contributed by atoms with E-state index in [1.54, 1.807) is 18.3 Å². The standard InChI is InChI=1S/C23H18F3N3O3S/c24-23(25,26)17-5-1-14(2-6-17)11-22(30)29-21-10-9-20-19(21)12-16(13-28-20)15-3-7-18(8-4-15)33(27,31)32/h1-8,10,12-13H,9,11H2,(H,29,30)(H2,27,31,32). The molecule has 0 aliphatic heterocycles. The quantitative estimate of drug-likeness (QED) is 0.590. The molecule has 33 heavy (non-hydrogen) atoms. The van der Waals surface area contributed by atoms with E-state index >= 15 is 0 Å². The minimum Gasteiger partial charge on any atom is -0.325 e. The van der Waals surface area contributed by atoms with Crippen molar-refractivity contribution < 1.29 is 26.4 Å². The van der Waals surface area contributed by atoms with Gasteiger partial charge in [-0.2, -0.15) is 13.2 Å². The first-order chi connectivity index (χ1) is 15.5. The number of carbonyl (C=O) groups excluding carboxylic acids is 1. The van der Waals surface area contributed by atoms with Gasteiger partial charge >= 0.3 is 6.18 Å². The van der Waals surface area contributed by atoms with Gasteiger partial charge < -0.3 is 5.32 Å². The second-order valence-corrected chi connectivity index (χ2v) is 9.09. The lowest BCUT2D eigenvalue weighted by Crippen LogP contribution is -2.23. The number of amides is 1. The normalized spacial score (nSPS) is 13.4. The Morgan fingerprint density at radius 3 is 2.30 bits per heavy atom. The highest BCUT2D eigenvalue weighted by atomic mass is 32.2. The molecule has 0 unspecified atom stereocenters. The molecule has 0 atom stereocenters. The summed E-state index contributed by atoms with van der Waals surface area (Å²) in [5, 5.41) is 7.93. The van der Waals surface area contributed by atoms with Crippen LogP contribution in [0.2, 0.25) is 0 Å². The zero-order chi connectivity index (χ0) is 23.8. The Morgan fingerprint density at radius 1 is 1.03 bits per heavy atom. The number of aromatic nitrogens is 1. The topological polar surface area (TPSA) is 102 Å². The van der Waals surface area contributed by atoms with Crippen LogP contribution < -0.4 is 10.5 Å². The predicted molar refractivity (Wildman–Crippen MR) is 116 cm³/mol. The molecular formula is C23H18F3N3O3S. The van der Waals surface area contributed by atoms with Crippen LogP contribution in [-0.2, 0) is 33.8 Å². The van der Waals surface area contributed by atoms with Crippen LogP contribution in [-0.4, -0.2) is 19.3 Å². The minimum absolute atomic E-state index is 0.00326. The minimum atomic E-state index is -4.43.